The quantitative estimate of drug-likeness (QED) is 0.338. The Hall–Kier alpha value is -3.11. The number of rotatable bonds is 13. The van der Waals surface area contributed by atoms with Crippen LogP contribution >= 0.6 is 0 Å². The fourth-order valence-electron chi connectivity index (χ4n) is 4.49. The van der Waals surface area contributed by atoms with Crippen molar-refractivity contribution in [2.45, 2.75) is 97.3 Å². The van der Waals surface area contributed by atoms with Crippen molar-refractivity contribution in [1.29, 1.82) is 0 Å². The summed E-state index contributed by atoms with van der Waals surface area (Å²) in [6.07, 6.45) is 4.09. The minimum absolute atomic E-state index is 0.112. The second kappa shape index (κ2) is 14.2. The van der Waals surface area contributed by atoms with Gasteiger partial charge in [0.2, 0.25) is 11.8 Å². The number of carbonyl (C=O) groups excluding carboxylic acids is 2. The zero-order chi connectivity index (χ0) is 27.7. The van der Waals surface area contributed by atoms with Gasteiger partial charge in [-0.1, -0.05) is 58.0 Å². The molecule has 38 heavy (non-hydrogen) atoms. The van der Waals surface area contributed by atoms with Crippen molar-refractivity contribution in [3.63, 3.8) is 0 Å². The highest BCUT2D eigenvalue weighted by Gasteiger charge is 2.35. The van der Waals surface area contributed by atoms with Crippen LogP contribution in [0, 0.1) is 5.92 Å². The molecule has 2 atom stereocenters. The van der Waals surface area contributed by atoms with Gasteiger partial charge in [-0.25, -0.2) is 20.1 Å². The van der Waals surface area contributed by atoms with Crippen LogP contribution in [0.4, 0.5) is 0 Å². The van der Waals surface area contributed by atoms with E-state index in [4.69, 9.17) is 9.57 Å². The molecule has 210 valence electrons. The average molecular weight is 531 g/mol. The van der Waals surface area contributed by atoms with E-state index in [1.54, 1.807) is 0 Å². The number of hydrogen-bond donors (Lipinski definition) is 3. The number of nitrogens with zero attached hydrogens (tertiary/aromatic N) is 2. The summed E-state index contributed by atoms with van der Waals surface area (Å²) in [5.74, 6) is -1.35. The molecule has 10 heteroatoms. The van der Waals surface area contributed by atoms with Crippen molar-refractivity contribution in [3.8, 4) is 5.88 Å². The molecular weight excluding hydrogens is 488 g/mol. The Bertz CT molecular complexity index is 1090. The number of nitrogens with one attached hydrogen (secondary N) is 2. The molecule has 2 amide bonds. The molecule has 0 spiro atoms. The minimum atomic E-state index is -1.10. The molecule has 0 bridgehead atoms. The van der Waals surface area contributed by atoms with E-state index in [-0.39, 0.29) is 30.6 Å². The minimum Gasteiger partial charge on any atom is -0.492 e. The lowest BCUT2D eigenvalue weighted by molar-refractivity contribution is -0.201. The number of aromatic nitrogens is 2. The van der Waals surface area contributed by atoms with E-state index in [0.717, 1.165) is 28.1 Å². The normalized spacial score (nSPS) is 16.5. The van der Waals surface area contributed by atoms with Gasteiger partial charge in [-0.3, -0.25) is 9.59 Å². The standard InChI is InChI=1S/C28H42N4O6/c1-19(2)16-17-23(33)31(32-27(35)25(20(3)4)29-28(32)36)22(14-10-13-21-11-6-5-7-12-21)26(34)30-38-24-15-8-9-18-37-24/h5-7,11-12,19-20,22,24,35H,8-10,13-18H2,1-4H3,(H,29,36)(H,30,34)/t22-,24+/m0/s1. The van der Waals surface area contributed by atoms with Gasteiger partial charge >= 0.3 is 5.69 Å². The number of imidazole rings is 1. The summed E-state index contributed by atoms with van der Waals surface area (Å²) in [4.78, 5) is 48.4. The third-order valence-electron chi connectivity index (χ3n) is 6.67. The maximum Gasteiger partial charge on any atom is 0.348 e. The Morgan fingerprint density at radius 3 is 2.53 bits per heavy atom. The molecular formula is C28H42N4O6. The summed E-state index contributed by atoms with van der Waals surface area (Å²) in [5, 5.41) is 12.1. The molecule has 2 aromatic rings. The zero-order valence-corrected chi connectivity index (χ0v) is 22.9. The van der Waals surface area contributed by atoms with Crippen molar-refractivity contribution in [2.24, 2.45) is 5.92 Å². The molecule has 0 saturated carbocycles. The maximum atomic E-state index is 13.6. The Balaban J connectivity index is 1.93. The van der Waals surface area contributed by atoms with E-state index in [1.165, 1.54) is 0 Å². The predicted octanol–water partition coefficient (Wildman–Crippen LogP) is 3.87. The molecule has 1 saturated heterocycles. The Kier molecular flexibility index (Phi) is 11.0. The van der Waals surface area contributed by atoms with E-state index in [1.807, 2.05) is 58.0 Å². The number of aromatic amines is 1. The van der Waals surface area contributed by atoms with Gasteiger partial charge < -0.3 is 14.8 Å². The molecule has 1 aromatic carbocycles. The van der Waals surface area contributed by atoms with Crippen LogP contribution in [-0.4, -0.2) is 45.5 Å². The van der Waals surface area contributed by atoms with Crippen LogP contribution in [0.15, 0.2) is 35.1 Å². The first kappa shape index (κ1) is 29.4. The Morgan fingerprint density at radius 2 is 1.92 bits per heavy atom. The molecule has 10 nitrogen and oxygen atoms in total. The van der Waals surface area contributed by atoms with Crippen LogP contribution < -0.4 is 16.2 Å². The van der Waals surface area contributed by atoms with Gasteiger partial charge in [0.05, 0.1) is 5.69 Å². The third-order valence-corrected chi connectivity index (χ3v) is 6.67. The molecule has 1 aromatic heterocycles. The van der Waals surface area contributed by atoms with E-state index >= 15 is 0 Å². The number of H-pyrrole nitrogens is 1. The summed E-state index contributed by atoms with van der Waals surface area (Å²) in [6, 6.07) is 8.74. The second-order valence-corrected chi connectivity index (χ2v) is 10.6. The highest BCUT2D eigenvalue weighted by atomic mass is 16.8. The number of ether oxygens (including phenoxy) is 1. The van der Waals surface area contributed by atoms with Crippen LogP contribution in [0.1, 0.15) is 89.8 Å². The van der Waals surface area contributed by atoms with Gasteiger partial charge in [-0.2, -0.15) is 4.68 Å². The van der Waals surface area contributed by atoms with E-state index in [9.17, 15) is 19.5 Å². The number of carbonyl (C=O) groups is 2. The Labute approximate surface area is 224 Å². The van der Waals surface area contributed by atoms with Crippen LogP contribution in [0.2, 0.25) is 0 Å². The summed E-state index contributed by atoms with van der Waals surface area (Å²) >= 11 is 0. The number of amides is 2. The van der Waals surface area contributed by atoms with Gasteiger partial charge in [-0.15, -0.1) is 0 Å². The molecule has 1 fully saturated rings. The lowest BCUT2D eigenvalue weighted by atomic mass is 10.0. The van der Waals surface area contributed by atoms with Crippen molar-refractivity contribution in [2.75, 3.05) is 11.6 Å². The molecule has 3 N–H and O–H groups in total. The first-order chi connectivity index (χ1) is 18.2. The number of hydrogen-bond acceptors (Lipinski definition) is 6. The monoisotopic (exact) mass is 530 g/mol. The summed E-state index contributed by atoms with van der Waals surface area (Å²) in [6.45, 7) is 8.18. The smallest absolute Gasteiger partial charge is 0.348 e. The van der Waals surface area contributed by atoms with Crippen LogP contribution in [0.3, 0.4) is 0 Å². The van der Waals surface area contributed by atoms with Crippen molar-refractivity contribution in [1.82, 2.24) is 15.1 Å². The van der Waals surface area contributed by atoms with Crippen molar-refractivity contribution >= 4 is 11.8 Å². The van der Waals surface area contributed by atoms with Crippen LogP contribution in [0.25, 0.3) is 0 Å². The van der Waals surface area contributed by atoms with E-state index < -0.39 is 29.8 Å². The molecule has 0 radical (unpaired) electrons. The van der Waals surface area contributed by atoms with E-state index in [2.05, 4.69) is 10.5 Å². The van der Waals surface area contributed by atoms with E-state index in [0.29, 0.717) is 38.0 Å². The Morgan fingerprint density at radius 1 is 1.18 bits per heavy atom. The third kappa shape index (κ3) is 7.94. The largest absolute Gasteiger partial charge is 0.492 e. The SMILES string of the molecule is CC(C)CCC(=O)N([C@@H](CCCc1ccccc1)C(=O)NO[C@@H]1CCCCO1)n1c(O)c(C(C)C)[nH]c1=O. The van der Waals surface area contributed by atoms with Crippen molar-refractivity contribution in [3.05, 3.63) is 52.1 Å². The highest BCUT2D eigenvalue weighted by molar-refractivity contribution is 5.95. The highest BCUT2D eigenvalue weighted by Crippen LogP contribution is 2.24. The summed E-state index contributed by atoms with van der Waals surface area (Å²) < 4.78 is 6.46. The number of aromatic hydroxyl groups is 1. The van der Waals surface area contributed by atoms with Crippen LogP contribution in [0.5, 0.6) is 5.88 Å². The van der Waals surface area contributed by atoms with Gasteiger partial charge in [0.25, 0.3) is 5.91 Å². The van der Waals surface area contributed by atoms with Gasteiger partial charge in [0, 0.05) is 19.4 Å². The lowest BCUT2D eigenvalue weighted by Crippen LogP contribution is -2.57. The fourth-order valence-corrected chi connectivity index (χ4v) is 4.49. The van der Waals surface area contributed by atoms with Crippen LogP contribution in [-0.2, 0) is 25.6 Å². The number of benzene rings is 1. The molecule has 0 unspecified atom stereocenters. The number of hydroxylamine groups is 1. The molecule has 2 heterocycles. The molecule has 3 rings (SSSR count). The first-order valence-corrected chi connectivity index (χ1v) is 13.7. The van der Waals surface area contributed by atoms with Crippen molar-refractivity contribution < 1.29 is 24.3 Å². The number of aryl methyl sites for hydroxylation is 1. The topological polar surface area (TPSA) is 126 Å². The summed E-state index contributed by atoms with van der Waals surface area (Å²) in [7, 11) is 0. The maximum absolute atomic E-state index is 13.6. The average Bonchev–Trinajstić information content (AvgIpc) is 3.20. The molecule has 1 aliphatic heterocycles. The summed E-state index contributed by atoms with van der Waals surface area (Å²) in [5.41, 5.74) is 3.19. The zero-order valence-electron chi connectivity index (χ0n) is 22.9. The molecule has 1 aliphatic rings. The van der Waals surface area contributed by atoms with Gasteiger partial charge in [0.1, 0.15) is 6.04 Å². The molecule has 0 aliphatic carbocycles. The first-order valence-electron chi connectivity index (χ1n) is 13.7. The van der Waals surface area contributed by atoms with Gasteiger partial charge in [0.15, 0.2) is 6.29 Å². The van der Waals surface area contributed by atoms with Gasteiger partial charge in [-0.05, 0) is 55.9 Å². The fraction of sp³-hybridized carbons (Fsp3) is 0.607. The second-order valence-electron chi connectivity index (χ2n) is 10.6. The predicted molar refractivity (Wildman–Crippen MR) is 144 cm³/mol. The lowest BCUT2D eigenvalue weighted by Gasteiger charge is -2.32.